The lowest BCUT2D eigenvalue weighted by molar-refractivity contribution is -0.274. The van der Waals surface area contributed by atoms with Gasteiger partial charge in [-0.05, 0) is 54.2 Å². The van der Waals surface area contributed by atoms with Gasteiger partial charge in [0, 0.05) is 12.1 Å². The van der Waals surface area contributed by atoms with Crippen molar-refractivity contribution in [2.24, 2.45) is 0 Å². The molecule has 162 valence electrons. The van der Waals surface area contributed by atoms with Crippen molar-refractivity contribution in [3.05, 3.63) is 65.2 Å². The fourth-order valence-corrected chi connectivity index (χ4v) is 3.14. The van der Waals surface area contributed by atoms with E-state index in [4.69, 9.17) is 5.11 Å². The molecule has 2 aromatic carbocycles. The number of nitrogens with one attached hydrogen (secondary N) is 1. The highest BCUT2D eigenvalue weighted by Gasteiger charge is 2.31. The Morgan fingerprint density at radius 3 is 2.23 bits per heavy atom. The molecule has 1 unspecified atom stereocenters. The fourth-order valence-electron chi connectivity index (χ4n) is 3.14. The third-order valence-corrected chi connectivity index (χ3v) is 4.54. The topological polar surface area (TPSA) is 75.6 Å². The molecular weight excluding hydrogens is 399 g/mol. The Morgan fingerprint density at radius 1 is 1.07 bits per heavy atom. The molecule has 0 aliphatic carbocycles. The molecule has 2 N–H and O–H groups in total. The van der Waals surface area contributed by atoms with E-state index in [1.54, 1.807) is 24.3 Å². The summed E-state index contributed by atoms with van der Waals surface area (Å²) in [6, 6.07) is 12.9. The summed E-state index contributed by atoms with van der Waals surface area (Å²) in [5.41, 5.74) is 2.35. The summed E-state index contributed by atoms with van der Waals surface area (Å²) in [5.74, 6) is -1.42. The summed E-state index contributed by atoms with van der Waals surface area (Å²) in [4.78, 5) is 22.6. The molecule has 0 aliphatic rings. The van der Waals surface area contributed by atoms with Crippen molar-refractivity contribution in [2.75, 3.05) is 6.54 Å². The van der Waals surface area contributed by atoms with E-state index in [2.05, 4.69) is 17.0 Å². The van der Waals surface area contributed by atoms with Crippen LogP contribution in [0.15, 0.2) is 48.5 Å². The number of carbonyl (C=O) groups is 2. The van der Waals surface area contributed by atoms with E-state index >= 15 is 0 Å². The lowest BCUT2D eigenvalue weighted by Crippen LogP contribution is -2.25. The average molecular weight is 423 g/mol. The number of carboxylic acid groups (broad SMARTS) is 1. The van der Waals surface area contributed by atoms with Crippen LogP contribution in [0.4, 0.5) is 13.2 Å². The molecule has 30 heavy (non-hydrogen) atoms. The average Bonchev–Trinajstić information content (AvgIpc) is 2.68. The van der Waals surface area contributed by atoms with Gasteiger partial charge in [0.1, 0.15) is 5.75 Å². The number of ether oxygens (including phenoxy) is 1. The number of alkyl halides is 3. The molecule has 0 radical (unpaired) electrons. The Hall–Kier alpha value is -3.03. The molecule has 2 rings (SSSR count). The van der Waals surface area contributed by atoms with Gasteiger partial charge in [0.25, 0.3) is 5.91 Å². The van der Waals surface area contributed by atoms with E-state index < -0.39 is 12.3 Å². The van der Waals surface area contributed by atoms with Crippen molar-refractivity contribution < 1.29 is 32.6 Å². The molecule has 0 spiro atoms. The molecule has 1 amide bonds. The molecule has 2 aromatic rings. The zero-order chi connectivity index (χ0) is 22.1. The van der Waals surface area contributed by atoms with Crippen LogP contribution in [0.25, 0.3) is 0 Å². The van der Waals surface area contributed by atoms with E-state index in [0.717, 1.165) is 24.0 Å². The van der Waals surface area contributed by atoms with Crippen LogP contribution in [-0.2, 0) is 11.2 Å². The van der Waals surface area contributed by atoms with Crippen LogP contribution in [0.5, 0.6) is 5.75 Å². The minimum atomic E-state index is -4.71. The number of rotatable bonds is 10. The van der Waals surface area contributed by atoms with Gasteiger partial charge in [0.15, 0.2) is 0 Å². The van der Waals surface area contributed by atoms with E-state index in [0.29, 0.717) is 12.0 Å². The lowest BCUT2D eigenvalue weighted by atomic mass is 9.88. The molecule has 0 bridgehead atoms. The Morgan fingerprint density at radius 2 is 1.70 bits per heavy atom. The number of aliphatic carboxylic acids is 1. The molecule has 0 aliphatic heterocycles. The van der Waals surface area contributed by atoms with E-state index in [1.165, 1.54) is 12.1 Å². The number of hydrogen-bond donors (Lipinski definition) is 2. The van der Waals surface area contributed by atoms with Crippen LogP contribution >= 0.6 is 0 Å². The Balaban J connectivity index is 2.03. The summed E-state index contributed by atoms with van der Waals surface area (Å²) < 4.78 is 40.8. The van der Waals surface area contributed by atoms with Gasteiger partial charge < -0.3 is 15.2 Å². The third-order valence-electron chi connectivity index (χ3n) is 4.54. The van der Waals surface area contributed by atoms with Crippen LogP contribution in [0.2, 0.25) is 0 Å². The highest BCUT2D eigenvalue weighted by atomic mass is 19.4. The predicted octanol–water partition coefficient (Wildman–Crippen LogP) is 4.92. The number of carbonyl (C=O) groups excluding carboxylic acids is 1. The zero-order valence-electron chi connectivity index (χ0n) is 16.5. The van der Waals surface area contributed by atoms with Crippen molar-refractivity contribution in [3.63, 3.8) is 0 Å². The molecule has 0 saturated heterocycles. The maximum atomic E-state index is 12.3. The normalized spacial score (nSPS) is 12.3. The van der Waals surface area contributed by atoms with Crippen LogP contribution in [0, 0.1) is 0 Å². The molecule has 0 fully saturated rings. The van der Waals surface area contributed by atoms with E-state index in [-0.39, 0.29) is 30.5 Å². The first-order valence-corrected chi connectivity index (χ1v) is 9.62. The van der Waals surface area contributed by atoms with Gasteiger partial charge >= 0.3 is 12.3 Å². The SMILES string of the molecule is CCCC(Cc1ccc(OC(F)(F)F)cc1)c1ccc(C(=O)NCCC(=O)O)cc1. The van der Waals surface area contributed by atoms with Gasteiger partial charge in [-0.1, -0.05) is 37.6 Å². The monoisotopic (exact) mass is 423 g/mol. The second kappa shape index (κ2) is 10.7. The maximum absolute atomic E-state index is 12.3. The summed E-state index contributed by atoms with van der Waals surface area (Å²) in [7, 11) is 0. The molecular formula is C22H24F3NO4. The van der Waals surface area contributed by atoms with Crippen LogP contribution < -0.4 is 10.1 Å². The van der Waals surface area contributed by atoms with E-state index in [9.17, 15) is 22.8 Å². The van der Waals surface area contributed by atoms with Gasteiger partial charge in [-0.3, -0.25) is 9.59 Å². The standard InChI is InChI=1S/C22H24F3NO4/c1-2-3-18(14-15-4-10-19(11-5-15)30-22(23,24)25)16-6-8-17(9-7-16)21(29)26-13-12-20(27)28/h4-11,18H,2-3,12-14H2,1H3,(H,26,29)(H,27,28). The Bertz CT molecular complexity index is 833. The smallest absolute Gasteiger partial charge is 0.481 e. The Labute approximate surface area is 172 Å². The number of benzene rings is 2. The van der Waals surface area contributed by atoms with Gasteiger partial charge in [0.2, 0.25) is 0 Å². The van der Waals surface area contributed by atoms with Gasteiger partial charge in [-0.15, -0.1) is 13.2 Å². The maximum Gasteiger partial charge on any atom is 0.573 e. The fraction of sp³-hybridized carbons (Fsp3) is 0.364. The molecule has 0 saturated carbocycles. The first-order valence-electron chi connectivity index (χ1n) is 9.62. The molecule has 1 atom stereocenters. The molecule has 0 heterocycles. The predicted molar refractivity (Wildman–Crippen MR) is 106 cm³/mol. The van der Waals surface area contributed by atoms with Gasteiger partial charge in [-0.2, -0.15) is 0 Å². The Kier molecular flexibility index (Phi) is 8.26. The highest BCUT2D eigenvalue weighted by molar-refractivity contribution is 5.94. The lowest BCUT2D eigenvalue weighted by Gasteiger charge is -2.18. The second-order valence-corrected chi connectivity index (χ2v) is 6.90. The van der Waals surface area contributed by atoms with Gasteiger partial charge in [-0.25, -0.2) is 0 Å². The summed E-state index contributed by atoms with van der Waals surface area (Å²) in [6.07, 6.45) is -2.41. The number of amides is 1. The quantitative estimate of drug-likeness (QED) is 0.569. The highest BCUT2D eigenvalue weighted by Crippen LogP contribution is 2.28. The van der Waals surface area contributed by atoms with Crippen LogP contribution in [0.3, 0.4) is 0 Å². The minimum absolute atomic E-state index is 0.0580. The van der Waals surface area contributed by atoms with Crippen molar-refractivity contribution in [3.8, 4) is 5.75 Å². The van der Waals surface area contributed by atoms with Crippen molar-refractivity contribution >= 4 is 11.9 Å². The number of hydrogen-bond acceptors (Lipinski definition) is 3. The summed E-state index contributed by atoms with van der Waals surface area (Å²) >= 11 is 0. The van der Waals surface area contributed by atoms with Crippen molar-refractivity contribution in [1.82, 2.24) is 5.32 Å². The van der Waals surface area contributed by atoms with Crippen LogP contribution in [-0.4, -0.2) is 29.9 Å². The van der Waals surface area contributed by atoms with Gasteiger partial charge in [0.05, 0.1) is 6.42 Å². The molecule has 0 aromatic heterocycles. The van der Waals surface area contributed by atoms with E-state index in [1.807, 2.05) is 12.1 Å². The minimum Gasteiger partial charge on any atom is -0.481 e. The first kappa shape index (κ1) is 23.3. The largest absolute Gasteiger partial charge is 0.573 e. The van der Waals surface area contributed by atoms with Crippen molar-refractivity contribution in [1.29, 1.82) is 0 Å². The molecule has 8 heteroatoms. The molecule has 5 nitrogen and oxygen atoms in total. The first-order chi connectivity index (χ1) is 14.2. The summed E-state index contributed by atoms with van der Waals surface area (Å²) in [5, 5.41) is 11.2. The number of halogens is 3. The zero-order valence-corrected chi connectivity index (χ0v) is 16.5. The summed E-state index contributed by atoms with van der Waals surface area (Å²) in [6.45, 7) is 2.11. The number of carboxylic acids is 1. The second-order valence-electron chi connectivity index (χ2n) is 6.90. The van der Waals surface area contributed by atoms with Crippen LogP contribution in [0.1, 0.15) is 53.6 Å². The van der Waals surface area contributed by atoms with Crippen molar-refractivity contribution in [2.45, 2.75) is 44.9 Å². The third kappa shape index (κ3) is 7.77.